The van der Waals surface area contributed by atoms with E-state index < -0.39 is 16.6 Å². The molecule has 1 amide bonds. The standard InChI is InChI=1S/C18H23N3O6/c1-18(2,3)27-16(22)12-6-7-19(11-12)14-5-4-13(21(24)25)10-15(14)20-8-9-26-17(20)23/h4-5,10,12H,6-9,11H2,1-3H3. The molecule has 2 aliphatic rings. The van der Waals surface area contributed by atoms with Crippen molar-refractivity contribution < 1.29 is 24.0 Å². The molecule has 9 nitrogen and oxygen atoms in total. The zero-order valence-corrected chi connectivity index (χ0v) is 15.6. The summed E-state index contributed by atoms with van der Waals surface area (Å²) in [6.07, 6.45) is 0.0927. The van der Waals surface area contributed by atoms with E-state index in [2.05, 4.69) is 0 Å². The first-order valence-corrected chi connectivity index (χ1v) is 8.86. The van der Waals surface area contributed by atoms with Gasteiger partial charge in [0.05, 0.1) is 28.8 Å². The van der Waals surface area contributed by atoms with Crippen LogP contribution in [0.3, 0.4) is 0 Å². The maximum atomic E-state index is 12.4. The highest BCUT2D eigenvalue weighted by Crippen LogP contribution is 2.37. The molecule has 0 N–H and O–H groups in total. The molecule has 1 atom stereocenters. The highest BCUT2D eigenvalue weighted by Gasteiger charge is 2.35. The number of anilines is 2. The summed E-state index contributed by atoms with van der Waals surface area (Å²) in [5.74, 6) is -0.535. The van der Waals surface area contributed by atoms with E-state index in [4.69, 9.17) is 9.47 Å². The summed E-state index contributed by atoms with van der Waals surface area (Å²) in [7, 11) is 0. The van der Waals surface area contributed by atoms with Crippen LogP contribution in [-0.2, 0) is 14.3 Å². The fraction of sp³-hybridized carbons (Fsp3) is 0.556. The molecule has 2 fully saturated rings. The third-order valence-electron chi connectivity index (χ3n) is 4.49. The SMILES string of the molecule is CC(C)(C)OC(=O)C1CCN(c2ccc([N+](=O)[O-])cc2N2CCOC2=O)C1. The van der Waals surface area contributed by atoms with E-state index in [0.717, 1.165) is 0 Å². The van der Waals surface area contributed by atoms with E-state index in [0.29, 0.717) is 37.4 Å². The minimum atomic E-state index is -0.553. The van der Waals surface area contributed by atoms with Crippen LogP contribution in [0.1, 0.15) is 27.2 Å². The van der Waals surface area contributed by atoms with Crippen molar-refractivity contribution in [3.05, 3.63) is 28.3 Å². The van der Waals surface area contributed by atoms with Crippen LogP contribution in [0.4, 0.5) is 21.9 Å². The van der Waals surface area contributed by atoms with Crippen molar-refractivity contribution in [2.45, 2.75) is 32.8 Å². The second kappa shape index (κ2) is 7.05. The predicted octanol–water partition coefficient (Wildman–Crippen LogP) is 2.72. The Balaban J connectivity index is 1.85. The largest absolute Gasteiger partial charge is 0.460 e. The Morgan fingerprint density at radius 3 is 2.63 bits per heavy atom. The third kappa shape index (κ3) is 4.12. The molecule has 1 aromatic rings. The number of rotatable bonds is 4. The monoisotopic (exact) mass is 377 g/mol. The molecule has 9 heteroatoms. The molecule has 2 aliphatic heterocycles. The van der Waals surface area contributed by atoms with Crippen LogP contribution in [0.5, 0.6) is 0 Å². The molecule has 1 unspecified atom stereocenters. The minimum absolute atomic E-state index is 0.101. The first-order valence-electron chi connectivity index (χ1n) is 8.86. The molecule has 1 aromatic carbocycles. The van der Waals surface area contributed by atoms with E-state index in [1.807, 2.05) is 25.7 Å². The normalized spacial score (nSPS) is 20.0. The fourth-order valence-electron chi connectivity index (χ4n) is 3.28. The van der Waals surface area contributed by atoms with Crippen molar-refractivity contribution in [3.63, 3.8) is 0 Å². The maximum absolute atomic E-state index is 12.4. The Bertz CT molecular complexity index is 773. The summed E-state index contributed by atoms with van der Waals surface area (Å²) >= 11 is 0. The molecule has 146 valence electrons. The number of carbonyl (C=O) groups is 2. The molecule has 0 radical (unpaired) electrons. The zero-order valence-electron chi connectivity index (χ0n) is 15.6. The van der Waals surface area contributed by atoms with Gasteiger partial charge in [-0.25, -0.2) is 4.79 Å². The number of nitrogens with zero attached hydrogens (tertiary/aromatic N) is 3. The quantitative estimate of drug-likeness (QED) is 0.451. The van der Waals surface area contributed by atoms with Gasteiger partial charge < -0.3 is 14.4 Å². The van der Waals surface area contributed by atoms with Crippen molar-refractivity contribution in [3.8, 4) is 0 Å². The average molecular weight is 377 g/mol. The van der Waals surface area contributed by atoms with E-state index in [1.165, 1.54) is 17.0 Å². The number of nitro groups is 1. The van der Waals surface area contributed by atoms with Crippen molar-refractivity contribution in [1.82, 2.24) is 0 Å². The Morgan fingerprint density at radius 1 is 1.30 bits per heavy atom. The Hall–Kier alpha value is -2.84. The molecule has 0 aliphatic carbocycles. The number of amides is 1. The molecular weight excluding hydrogens is 354 g/mol. The van der Waals surface area contributed by atoms with Gasteiger partial charge in [-0.2, -0.15) is 0 Å². The smallest absolute Gasteiger partial charge is 0.414 e. The summed E-state index contributed by atoms with van der Waals surface area (Å²) in [6.45, 7) is 7.07. The first-order chi connectivity index (χ1) is 12.7. The van der Waals surface area contributed by atoms with Crippen LogP contribution in [-0.4, -0.2) is 48.8 Å². The number of hydrogen-bond donors (Lipinski definition) is 0. The summed E-state index contributed by atoms with van der Waals surface area (Å²) < 4.78 is 10.4. The van der Waals surface area contributed by atoms with Crippen LogP contribution in [0.2, 0.25) is 0 Å². The van der Waals surface area contributed by atoms with Crippen LogP contribution in [0.15, 0.2) is 18.2 Å². The topological polar surface area (TPSA) is 102 Å². The van der Waals surface area contributed by atoms with Crippen molar-refractivity contribution in [1.29, 1.82) is 0 Å². The number of nitro benzene ring substituents is 1. The second-order valence-electron chi connectivity index (χ2n) is 7.66. The lowest BCUT2D eigenvalue weighted by Crippen LogP contribution is -2.31. The molecular formula is C18H23N3O6. The van der Waals surface area contributed by atoms with Gasteiger partial charge in [-0.1, -0.05) is 0 Å². The number of ether oxygens (including phenoxy) is 2. The van der Waals surface area contributed by atoms with Crippen LogP contribution < -0.4 is 9.80 Å². The van der Waals surface area contributed by atoms with Crippen molar-refractivity contribution in [2.75, 3.05) is 36.0 Å². The van der Waals surface area contributed by atoms with Gasteiger partial charge in [0.2, 0.25) is 0 Å². The van der Waals surface area contributed by atoms with Gasteiger partial charge in [-0.05, 0) is 33.3 Å². The van der Waals surface area contributed by atoms with Gasteiger partial charge in [-0.3, -0.25) is 19.8 Å². The van der Waals surface area contributed by atoms with Crippen molar-refractivity contribution >= 4 is 29.1 Å². The lowest BCUT2D eigenvalue weighted by molar-refractivity contribution is -0.384. The lowest BCUT2D eigenvalue weighted by Gasteiger charge is -2.25. The highest BCUT2D eigenvalue weighted by molar-refractivity contribution is 5.94. The molecule has 2 heterocycles. The molecule has 3 rings (SSSR count). The third-order valence-corrected chi connectivity index (χ3v) is 4.49. The Morgan fingerprint density at radius 2 is 2.04 bits per heavy atom. The summed E-state index contributed by atoms with van der Waals surface area (Å²) in [5.41, 5.74) is 0.445. The molecule has 27 heavy (non-hydrogen) atoms. The predicted molar refractivity (Wildman–Crippen MR) is 98.0 cm³/mol. The van der Waals surface area contributed by atoms with Gasteiger partial charge in [0, 0.05) is 25.2 Å². The zero-order chi connectivity index (χ0) is 19.8. The average Bonchev–Trinajstić information content (AvgIpc) is 3.21. The highest BCUT2D eigenvalue weighted by atomic mass is 16.6. The van der Waals surface area contributed by atoms with E-state index in [9.17, 15) is 19.7 Å². The molecule has 0 saturated carbocycles. The Kier molecular flexibility index (Phi) is 4.95. The van der Waals surface area contributed by atoms with E-state index in [-0.39, 0.29) is 24.2 Å². The van der Waals surface area contributed by atoms with Gasteiger partial charge in [0.15, 0.2) is 0 Å². The first kappa shape index (κ1) is 18.9. The van der Waals surface area contributed by atoms with E-state index in [1.54, 1.807) is 6.07 Å². The van der Waals surface area contributed by atoms with Gasteiger partial charge >= 0.3 is 12.1 Å². The number of esters is 1. The number of hydrogen-bond acceptors (Lipinski definition) is 7. The van der Waals surface area contributed by atoms with Crippen molar-refractivity contribution in [2.24, 2.45) is 5.92 Å². The maximum Gasteiger partial charge on any atom is 0.414 e. The number of non-ortho nitro benzene ring substituents is 1. The lowest BCUT2D eigenvalue weighted by atomic mass is 10.1. The molecule has 0 spiro atoms. The van der Waals surface area contributed by atoms with E-state index >= 15 is 0 Å². The molecule has 0 bridgehead atoms. The Labute approximate surface area is 157 Å². The second-order valence-corrected chi connectivity index (χ2v) is 7.66. The number of benzene rings is 1. The minimum Gasteiger partial charge on any atom is -0.460 e. The van der Waals surface area contributed by atoms with Crippen LogP contribution in [0, 0.1) is 16.0 Å². The number of carbonyl (C=O) groups excluding carboxylic acids is 2. The summed E-state index contributed by atoms with van der Waals surface area (Å²) in [4.78, 5) is 38.3. The summed E-state index contributed by atoms with van der Waals surface area (Å²) in [5, 5.41) is 11.2. The fourth-order valence-corrected chi connectivity index (χ4v) is 3.28. The van der Waals surface area contributed by atoms with Gasteiger partial charge in [0.1, 0.15) is 12.2 Å². The van der Waals surface area contributed by atoms with Crippen LogP contribution >= 0.6 is 0 Å². The molecule has 0 aromatic heterocycles. The summed E-state index contributed by atoms with van der Waals surface area (Å²) in [6, 6.07) is 4.40. The van der Waals surface area contributed by atoms with Gasteiger partial charge in [-0.15, -0.1) is 0 Å². The molecule has 2 saturated heterocycles. The number of cyclic esters (lactones) is 1. The van der Waals surface area contributed by atoms with Gasteiger partial charge in [0.25, 0.3) is 5.69 Å². The van der Waals surface area contributed by atoms with Crippen LogP contribution in [0.25, 0.3) is 0 Å².